The monoisotopic (exact) mass is 410 g/mol. The molecule has 4 fully saturated rings. The van der Waals surface area contributed by atoms with Crippen molar-refractivity contribution >= 4 is 23.3 Å². The molecule has 7 heteroatoms. The van der Waals surface area contributed by atoms with Crippen molar-refractivity contribution in [1.82, 2.24) is 10.3 Å². The molecule has 0 radical (unpaired) electrons. The highest BCUT2D eigenvalue weighted by Crippen LogP contribution is 2.60. The summed E-state index contributed by atoms with van der Waals surface area (Å²) in [6.07, 6.45) is 6.06. The van der Waals surface area contributed by atoms with Crippen LogP contribution in [-0.2, 0) is 20.8 Å². The Morgan fingerprint density at radius 2 is 1.87 bits per heavy atom. The lowest BCUT2D eigenvalue weighted by atomic mass is 9.47. The summed E-state index contributed by atoms with van der Waals surface area (Å²) < 4.78 is 0. The number of aromatic nitrogens is 1. The number of carbonyl (C=O) groups excluding carboxylic acids is 3. The Labute approximate surface area is 176 Å². The predicted octanol–water partition coefficient (Wildman–Crippen LogP) is 2.04. The number of nitrogens with zero attached hydrogens (tertiary/aromatic N) is 1. The van der Waals surface area contributed by atoms with Crippen LogP contribution in [0.5, 0.6) is 0 Å². The highest BCUT2D eigenvalue weighted by Gasteiger charge is 2.58. The third-order valence-corrected chi connectivity index (χ3v) is 7.59. The standard InChI is InChI=1S/C23H30N4O3/c1-22(2,19(28)17(24)9-16-5-3-4-6-26-16)21(30)27-18-14-7-13-8-15(18)12-23(10-13,11-14)20(25)29/h3-6,13-15,18,24H,7-12H2,1-2H3,(H2,25,29)(H,27,30). The summed E-state index contributed by atoms with van der Waals surface area (Å²) in [5.74, 6) is -0.0698. The number of hydrogen-bond donors (Lipinski definition) is 3. The Balaban J connectivity index is 1.44. The number of amides is 2. The Kier molecular flexibility index (Phi) is 5.03. The van der Waals surface area contributed by atoms with Crippen LogP contribution in [0.4, 0.5) is 0 Å². The van der Waals surface area contributed by atoms with E-state index in [4.69, 9.17) is 11.1 Å². The second-order valence-electron chi connectivity index (χ2n) is 10.0. The van der Waals surface area contributed by atoms with E-state index in [0.29, 0.717) is 11.6 Å². The number of nitrogens with two attached hydrogens (primary N) is 1. The SMILES string of the molecule is CC(C)(C(=O)NC1C2CC3CC1CC(C(N)=O)(C3)C2)C(=O)C(=N)Cc1ccccn1. The van der Waals surface area contributed by atoms with Crippen LogP contribution >= 0.6 is 0 Å². The summed E-state index contributed by atoms with van der Waals surface area (Å²) in [6.45, 7) is 3.16. The molecule has 4 bridgehead atoms. The number of nitrogens with one attached hydrogen (secondary N) is 2. The highest BCUT2D eigenvalue weighted by molar-refractivity contribution is 6.44. The molecule has 1 aromatic rings. The zero-order valence-corrected chi connectivity index (χ0v) is 17.6. The van der Waals surface area contributed by atoms with Crippen LogP contribution in [0.1, 0.15) is 51.6 Å². The molecule has 5 rings (SSSR count). The van der Waals surface area contributed by atoms with Crippen LogP contribution in [-0.4, -0.2) is 34.3 Å². The quantitative estimate of drug-likeness (QED) is 0.470. The van der Waals surface area contributed by atoms with Gasteiger partial charge in [0.25, 0.3) is 0 Å². The van der Waals surface area contributed by atoms with Gasteiger partial charge in [-0.3, -0.25) is 19.4 Å². The lowest BCUT2D eigenvalue weighted by Crippen LogP contribution is -2.63. The van der Waals surface area contributed by atoms with Gasteiger partial charge in [0.1, 0.15) is 5.41 Å². The van der Waals surface area contributed by atoms with Crippen molar-refractivity contribution in [2.45, 2.75) is 58.4 Å². The number of Topliss-reactive ketones (excluding diaryl/α,β-unsaturated/α-hetero) is 1. The van der Waals surface area contributed by atoms with Gasteiger partial charge in [-0.05, 0) is 75.8 Å². The minimum Gasteiger partial charge on any atom is -0.369 e. The summed E-state index contributed by atoms with van der Waals surface area (Å²) in [5.41, 5.74) is 4.51. The van der Waals surface area contributed by atoms with Crippen molar-refractivity contribution in [3.05, 3.63) is 30.1 Å². The zero-order chi connectivity index (χ0) is 21.7. The lowest BCUT2D eigenvalue weighted by Gasteiger charge is -2.59. The molecule has 7 nitrogen and oxygen atoms in total. The molecule has 160 valence electrons. The van der Waals surface area contributed by atoms with Crippen molar-refractivity contribution in [3.63, 3.8) is 0 Å². The van der Waals surface area contributed by atoms with Gasteiger partial charge in [-0.15, -0.1) is 0 Å². The van der Waals surface area contributed by atoms with Crippen LogP contribution in [0.25, 0.3) is 0 Å². The molecule has 2 unspecified atom stereocenters. The molecular weight excluding hydrogens is 380 g/mol. The van der Waals surface area contributed by atoms with Gasteiger partial charge in [0.05, 0.1) is 5.71 Å². The number of hydrogen-bond acceptors (Lipinski definition) is 5. The van der Waals surface area contributed by atoms with E-state index >= 15 is 0 Å². The maximum Gasteiger partial charge on any atom is 0.233 e. The first kappa shape index (κ1) is 20.7. The van der Waals surface area contributed by atoms with E-state index in [2.05, 4.69) is 10.3 Å². The van der Waals surface area contributed by atoms with Gasteiger partial charge in [-0.25, -0.2) is 0 Å². The van der Waals surface area contributed by atoms with E-state index in [1.165, 1.54) is 0 Å². The predicted molar refractivity (Wildman–Crippen MR) is 112 cm³/mol. The number of rotatable bonds is 7. The minimum absolute atomic E-state index is 0.0291. The molecule has 0 aromatic carbocycles. The van der Waals surface area contributed by atoms with Gasteiger partial charge in [0, 0.05) is 29.8 Å². The van der Waals surface area contributed by atoms with Crippen LogP contribution in [0.15, 0.2) is 24.4 Å². The van der Waals surface area contributed by atoms with Gasteiger partial charge in [0.15, 0.2) is 5.78 Å². The molecule has 0 spiro atoms. The van der Waals surface area contributed by atoms with Crippen LogP contribution < -0.4 is 11.1 Å². The molecule has 1 aromatic heterocycles. The van der Waals surface area contributed by atoms with Crippen molar-refractivity contribution < 1.29 is 14.4 Å². The fraction of sp³-hybridized carbons (Fsp3) is 0.609. The molecule has 1 heterocycles. The molecule has 2 atom stereocenters. The summed E-state index contributed by atoms with van der Waals surface area (Å²) in [4.78, 5) is 42.3. The van der Waals surface area contributed by atoms with Crippen LogP contribution in [0.3, 0.4) is 0 Å². The third-order valence-electron chi connectivity index (χ3n) is 7.59. The fourth-order valence-electron chi connectivity index (χ4n) is 6.14. The van der Waals surface area contributed by atoms with Gasteiger partial charge in [-0.1, -0.05) is 6.07 Å². The van der Waals surface area contributed by atoms with Crippen LogP contribution in [0.2, 0.25) is 0 Å². The average molecular weight is 411 g/mol. The Morgan fingerprint density at radius 1 is 1.20 bits per heavy atom. The van der Waals surface area contributed by atoms with Crippen LogP contribution in [0, 0.1) is 34.0 Å². The fourth-order valence-corrected chi connectivity index (χ4v) is 6.14. The van der Waals surface area contributed by atoms with E-state index in [0.717, 1.165) is 32.1 Å². The average Bonchev–Trinajstić information content (AvgIpc) is 2.70. The van der Waals surface area contributed by atoms with E-state index in [1.54, 1.807) is 32.2 Å². The smallest absolute Gasteiger partial charge is 0.233 e. The molecule has 0 saturated heterocycles. The number of ketones is 1. The zero-order valence-electron chi connectivity index (χ0n) is 17.6. The summed E-state index contributed by atoms with van der Waals surface area (Å²) in [5, 5.41) is 11.3. The van der Waals surface area contributed by atoms with Crippen molar-refractivity contribution in [3.8, 4) is 0 Å². The molecule has 4 aliphatic rings. The maximum atomic E-state index is 13.1. The minimum atomic E-state index is -1.33. The molecule has 30 heavy (non-hydrogen) atoms. The number of primary amides is 1. The van der Waals surface area contributed by atoms with E-state index in [1.807, 2.05) is 6.07 Å². The number of pyridine rings is 1. The van der Waals surface area contributed by atoms with Gasteiger partial charge >= 0.3 is 0 Å². The molecule has 0 aliphatic heterocycles. The Morgan fingerprint density at radius 3 is 2.43 bits per heavy atom. The van der Waals surface area contributed by atoms with E-state index in [-0.39, 0.29) is 41.8 Å². The summed E-state index contributed by atoms with van der Waals surface area (Å²) in [7, 11) is 0. The number of carbonyl (C=O) groups is 3. The van der Waals surface area contributed by atoms with Crippen molar-refractivity contribution in [1.29, 1.82) is 5.41 Å². The van der Waals surface area contributed by atoms with E-state index in [9.17, 15) is 14.4 Å². The molecule has 4 aliphatic carbocycles. The molecule has 2 amide bonds. The maximum absolute atomic E-state index is 13.1. The second-order valence-corrected chi connectivity index (χ2v) is 10.0. The third kappa shape index (κ3) is 3.44. The second kappa shape index (κ2) is 7.29. The molecule has 4 N–H and O–H groups in total. The first-order valence-electron chi connectivity index (χ1n) is 10.8. The van der Waals surface area contributed by atoms with Gasteiger partial charge in [-0.2, -0.15) is 0 Å². The normalized spacial score (nSPS) is 31.9. The lowest BCUT2D eigenvalue weighted by molar-refractivity contribution is -0.149. The Hall–Kier alpha value is -2.57. The first-order valence-corrected chi connectivity index (χ1v) is 10.8. The first-order chi connectivity index (χ1) is 14.1. The molecule has 4 saturated carbocycles. The molecular formula is C23H30N4O3. The van der Waals surface area contributed by atoms with Crippen molar-refractivity contribution in [2.75, 3.05) is 0 Å². The van der Waals surface area contributed by atoms with Gasteiger partial charge < -0.3 is 16.5 Å². The van der Waals surface area contributed by atoms with Crippen molar-refractivity contribution in [2.24, 2.45) is 34.3 Å². The summed E-state index contributed by atoms with van der Waals surface area (Å²) in [6, 6.07) is 5.32. The van der Waals surface area contributed by atoms with Gasteiger partial charge in [0.2, 0.25) is 11.8 Å². The Bertz CT molecular complexity index is 879. The highest BCUT2D eigenvalue weighted by atomic mass is 16.2. The largest absolute Gasteiger partial charge is 0.369 e. The topological polar surface area (TPSA) is 126 Å². The summed E-state index contributed by atoms with van der Waals surface area (Å²) >= 11 is 0. The van der Waals surface area contributed by atoms with E-state index < -0.39 is 16.6 Å².